The molecule has 1 saturated heterocycles. The summed E-state index contributed by atoms with van der Waals surface area (Å²) >= 11 is 0. The summed E-state index contributed by atoms with van der Waals surface area (Å²) in [5.41, 5.74) is 0.735. The van der Waals surface area contributed by atoms with Gasteiger partial charge < -0.3 is 15.2 Å². The Morgan fingerprint density at radius 1 is 1.47 bits per heavy atom. The number of benzene rings is 1. The van der Waals surface area contributed by atoms with E-state index in [1.807, 2.05) is 0 Å². The number of nitrogens with zero attached hydrogens (tertiary/aromatic N) is 1. The first-order valence-corrected chi connectivity index (χ1v) is 5.58. The largest absolute Gasteiger partial charge is 0.508 e. The molecule has 92 valence electrons. The van der Waals surface area contributed by atoms with Crippen molar-refractivity contribution in [3.63, 3.8) is 0 Å². The Bertz CT molecular complexity index is 385. The number of urea groups is 1. The lowest BCUT2D eigenvalue weighted by atomic mass is 10.2. The van der Waals surface area contributed by atoms with Crippen LogP contribution in [0.2, 0.25) is 0 Å². The molecule has 5 heteroatoms. The zero-order valence-corrected chi connectivity index (χ0v) is 9.72. The molecule has 1 unspecified atom stereocenters. The highest BCUT2D eigenvalue weighted by Crippen LogP contribution is 2.17. The number of amides is 2. The predicted molar refractivity (Wildman–Crippen MR) is 64.3 cm³/mol. The molecule has 0 spiro atoms. The van der Waals surface area contributed by atoms with E-state index in [4.69, 9.17) is 4.74 Å². The zero-order valence-electron chi connectivity index (χ0n) is 9.72. The van der Waals surface area contributed by atoms with Crippen LogP contribution in [0.4, 0.5) is 10.5 Å². The molecule has 1 aliphatic heterocycles. The molecule has 5 nitrogen and oxygen atoms in total. The molecule has 2 amide bonds. The van der Waals surface area contributed by atoms with Crippen LogP contribution in [0, 0.1) is 0 Å². The zero-order chi connectivity index (χ0) is 12.3. The SMILES string of the molecule is CN(C(=O)NC1CCOC1)c1ccc(O)cc1. The molecule has 0 bridgehead atoms. The van der Waals surface area contributed by atoms with Gasteiger partial charge in [0.25, 0.3) is 0 Å². The van der Waals surface area contributed by atoms with Crippen molar-refractivity contribution in [2.24, 2.45) is 0 Å². The van der Waals surface area contributed by atoms with E-state index in [1.54, 1.807) is 31.3 Å². The van der Waals surface area contributed by atoms with Crippen molar-refractivity contribution in [2.75, 3.05) is 25.2 Å². The molecule has 0 saturated carbocycles. The minimum atomic E-state index is -0.161. The van der Waals surface area contributed by atoms with E-state index in [2.05, 4.69) is 5.32 Å². The van der Waals surface area contributed by atoms with E-state index >= 15 is 0 Å². The van der Waals surface area contributed by atoms with Gasteiger partial charge in [-0.25, -0.2) is 4.79 Å². The first-order valence-electron chi connectivity index (χ1n) is 5.58. The molecule has 1 fully saturated rings. The normalized spacial score (nSPS) is 19.0. The van der Waals surface area contributed by atoms with Crippen LogP contribution in [-0.2, 0) is 4.74 Å². The van der Waals surface area contributed by atoms with Gasteiger partial charge in [0.15, 0.2) is 0 Å². The number of carbonyl (C=O) groups excluding carboxylic acids is 1. The molecule has 1 aliphatic rings. The smallest absolute Gasteiger partial charge is 0.321 e. The van der Waals surface area contributed by atoms with Gasteiger partial charge in [-0.1, -0.05) is 0 Å². The average molecular weight is 236 g/mol. The fourth-order valence-electron chi connectivity index (χ4n) is 1.71. The Morgan fingerprint density at radius 2 is 2.18 bits per heavy atom. The van der Waals surface area contributed by atoms with Gasteiger partial charge in [-0.3, -0.25) is 4.90 Å². The van der Waals surface area contributed by atoms with E-state index in [9.17, 15) is 9.90 Å². The van der Waals surface area contributed by atoms with E-state index in [0.717, 1.165) is 12.1 Å². The van der Waals surface area contributed by atoms with Crippen LogP contribution in [0.15, 0.2) is 24.3 Å². The fraction of sp³-hybridized carbons (Fsp3) is 0.417. The number of anilines is 1. The Kier molecular flexibility index (Phi) is 3.49. The lowest BCUT2D eigenvalue weighted by molar-refractivity contribution is 0.189. The van der Waals surface area contributed by atoms with Crippen LogP contribution in [-0.4, -0.2) is 37.4 Å². The molecule has 0 radical (unpaired) electrons. The highest BCUT2D eigenvalue weighted by atomic mass is 16.5. The molecule has 1 aromatic carbocycles. The third-order valence-electron chi connectivity index (χ3n) is 2.80. The summed E-state index contributed by atoms with van der Waals surface area (Å²) in [6.45, 7) is 1.28. The molecular formula is C12H16N2O3. The molecule has 0 aliphatic carbocycles. The minimum absolute atomic E-state index is 0.0991. The van der Waals surface area contributed by atoms with Crippen molar-refractivity contribution in [1.82, 2.24) is 5.32 Å². The quantitative estimate of drug-likeness (QED) is 0.814. The number of hydrogen-bond acceptors (Lipinski definition) is 3. The fourth-order valence-corrected chi connectivity index (χ4v) is 1.71. The van der Waals surface area contributed by atoms with Crippen LogP contribution in [0.1, 0.15) is 6.42 Å². The van der Waals surface area contributed by atoms with Crippen molar-refractivity contribution in [2.45, 2.75) is 12.5 Å². The van der Waals surface area contributed by atoms with E-state index in [1.165, 1.54) is 4.90 Å². The van der Waals surface area contributed by atoms with Crippen LogP contribution >= 0.6 is 0 Å². The maximum absolute atomic E-state index is 11.9. The molecular weight excluding hydrogens is 220 g/mol. The van der Waals surface area contributed by atoms with E-state index in [0.29, 0.717) is 13.2 Å². The molecule has 0 aromatic heterocycles. The number of hydrogen-bond donors (Lipinski definition) is 2. The van der Waals surface area contributed by atoms with Crippen LogP contribution in [0.5, 0.6) is 5.75 Å². The van der Waals surface area contributed by atoms with Crippen LogP contribution in [0.25, 0.3) is 0 Å². The number of phenolic OH excluding ortho intramolecular Hbond substituents is 1. The van der Waals surface area contributed by atoms with Crippen molar-refractivity contribution in [1.29, 1.82) is 0 Å². The second-order valence-electron chi connectivity index (χ2n) is 4.09. The van der Waals surface area contributed by atoms with Crippen molar-refractivity contribution >= 4 is 11.7 Å². The Morgan fingerprint density at radius 3 is 2.76 bits per heavy atom. The first-order chi connectivity index (χ1) is 8.16. The van der Waals surface area contributed by atoms with Crippen LogP contribution < -0.4 is 10.2 Å². The molecule has 1 atom stereocenters. The van der Waals surface area contributed by atoms with Crippen LogP contribution in [0.3, 0.4) is 0 Å². The monoisotopic (exact) mass is 236 g/mol. The molecule has 2 N–H and O–H groups in total. The average Bonchev–Trinajstić information content (AvgIpc) is 2.82. The van der Waals surface area contributed by atoms with Crippen molar-refractivity contribution < 1.29 is 14.6 Å². The Hall–Kier alpha value is -1.75. The summed E-state index contributed by atoms with van der Waals surface area (Å²) in [5, 5.41) is 12.1. The second-order valence-corrected chi connectivity index (χ2v) is 4.09. The van der Waals surface area contributed by atoms with Gasteiger partial charge in [-0.15, -0.1) is 0 Å². The third kappa shape index (κ3) is 2.88. The summed E-state index contributed by atoms with van der Waals surface area (Å²) in [6.07, 6.45) is 0.856. The first kappa shape index (κ1) is 11.7. The van der Waals surface area contributed by atoms with Gasteiger partial charge in [0.2, 0.25) is 0 Å². The summed E-state index contributed by atoms with van der Waals surface area (Å²) in [4.78, 5) is 13.4. The second kappa shape index (κ2) is 5.05. The third-order valence-corrected chi connectivity index (χ3v) is 2.80. The Balaban J connectivity index is 1.96. The maximum Gasteiger partial charge on any atom is 0.321 e. The van der Waals surface area contributed by atoms with Crippen molar-refractivity contribution in [3.8, 4) is 5.75 Å². The minimum Gasteiger partial charge on any atom is -0.508 e. The summed E-state index contributed by atoms with van der Waals surface area (Å²) in [6, 6.07) is 6.43. The number of rotatable bonds is 2. The molecule has 2 rings (SSSR count). The van der Waals surface area contributed by atoms with Crippen molar-refractivity contribution in [3.05, 3.63) is 24.3 Å². The maximum atomic E-state index is 11.9. The highest BCUT2D eigenvalue weighted by Gasteiger charge is 2.20. The number of aromatic hydroxyl groups is 1. The standard InChI is InChI=1S/C12H16N2O3/c1-14(10-2-4-11(15)5-3-10)12(16)13-9-6-7-17-8-9/h2-5,9,15H,6-8H2,1H3,(H,13,16). The van der Waals surface area contributed by atoms with Gasteiger partial charge in [0.05, 0.1) is 12.6 Å². The van der Waals surface area contributed by atoms with Gasteiger partial charge in [0.1, 0.15) is 5.75 Å². The molecule has 17 heavy (non-hydrogen) atoms. The van der Waals surface area contributed by atoms with Gasteiger partial charge >= 0.3 is 6.03 Å². The number of phenols is 1. The van der Waals surface area contributed by atoms with Gasteiger partial charge in [0, 0.05) is 19.3 Å². The lowest BCUT2D eigenvalue weighted by Crippen LogP contribution is -2.43. The van der Waals surface area contributed by atoms with Gasteiger partial charge in [-0.2, -0.15) is 0 Å². The Labute approximate surface area is 100.0 Å². The molecule has 1 heterocycles. The van der Waals surface area contributed by atoms with Gasteiger partial charge in [-0.05, 0) is 30.7 Å². The topological polar surface area (TPSA) is 61.8 Å². The van der Waals surface area contributed by atoms with E-state index in [-0.39, 0.29) is 17.8 Å². The predicted octanol–water partition coefficient (Wildman–Crippen LogP) is 1.33. The number of nitrogens with one attached hydrogen (secondary N) is 1. The summed E-state index contributed by atoms with van der Waals surface area (Å²) in [7, 11) is 1.69. The summed E-state index contributed by atoms with van der Waals surface area (Å²) in [5.74, 6) is 0.187. The number of carbonyl (C=O) groups is 1. The highest BCUT2D eigenvalue weighted by molar-refractivity contribution is 5.91. The number of ether oxygens (including phenoxy) is 1. The molecule has 1 aromatic rings. The summed E-state index contributed by atoms with van der Waals surface area (Å²) < 4.78 is 5.19. The lowest BCUT2D eigenvalue weighted by Gasteiger charge is -2.20. The van der Waals surface area contributed by atoms with E-state index < -0.39 is 0 Å².